The van der Waals surface area contributed by atoms with Gasteiger partial charge in [-0.2, -0.15) is 0 Å². The van der Waals surface area contributed by atoms with Crippen LogP contribution in [0.1, 0.15) is 5.56 Å². The SMILES string of the molecule is O=[SH](=O)Cc1ccc(-c2ccc(-c3cccnc3)nc2)cc1. The van der Waals surface area contributed by atoms with Crippen LogP contribution in [0, 0.1) is 0 Å². The summed E-state index contributed by atoms with van der Waals surface area (Å²) in [5.74, 6) is 0.0772. The predicted octanol–water partition coefficient (Wildman–Crippen LogP) is 2.92. The smallest absolute Gasteiger partial charge is 0.144 e. The molecule has 0 radical (unpaired) electrons. The second kappa shape index (κ2) is 6.49. The van der Waals surface area contributed by atoms with Gasteiger partial charge in [-0.25, -0.2) is 8.42 Å². The lowest BCUT2D eigenvalue weighted by Crippen LogP contribution is -1.88. The topological polar surface area (TPSA) is 59.9 Å². The van der Waals surface area contributed by atoms with Gasteiger partial charge in [0.15, 0.2) is 0 Å². The van der Waals surface area contributed by atoms with Crippen molar-refractivity contribution in [2.45, 2.75) is 5.75 Å². The van der Waals surface area contributed by atoms with Crippen molar-refractivity contribution >= 4 is 10.7 Å². The Morgan fingerprint density at radius 3 is 2.18 bits per heavy atom. The zero-order valence-electron chi connectivity index (χ0n) is 11.7. The van der Waals surface area contributed by atoms with Gasteiger partial charge < -0.3 is 0 Å². The summed E-state index contributed by atoms with van der Waals surface area (Å²) in [6.07, 6.45) is 5.32. The maximum Gasteiger partial charge on any atom is 0.144 e. The van der Waals surface area contributed by atoms with Crippen molar-refractivity contribution in [1.29, 1.82) is 0 Å². The van der Waals surface area contributed by atoms with Crippen LogP contribution in [0.4, 0.5) is 0 Å². The van der Waals surface area contributed by atoms with Gasteiger partial charge in [0.2, 0.25) is 0 Å². The first kappa shape index (κ1) is 14.4. The van der Waals surface area contributed by atoms with Crippen LogP contribution in [0.15, 0.2) is 67.1 Å². The molecule has 0 bridgehead atoms. The Labute approximate surface area is 130 Å². The van der Waals surface area contributed by atoms with E-state index in [1.165, 1.54) is 0 Å². The fourth-order valence-corrected chi connectivity index (χ4v) is 2.71. The Bertz CT molecular complexity index is 819. The highest BCUT2D eigenvalue weighted by Crippen LogP contribution is 2.22. The summed E-state index contributed by atoms with van der Waals surface area (Å²) in [7, 11) is -2.39. The van der Waals surface area contributed by atoms with Gasteiger partial charge in [-0.15, -0.1) is 0 Å². The highest BCUT2D eigenvalue weighted by Gasteiger charge is 2.02. The molecule has 0 fully saturated rings. The molecule has 0 aliphatic carbocycles. The summed E-state index contributed by atoms with van der Waals surface area (Å²) in [6.45, 7) is 0. The van der Waals surface area contributed by atoms with Gasteiger partial charge in [0.1, 0.15) is 10.7 Å². The van der Waals surface area contributed by atoms with Crippen LogP contribution >= 0.6 is 0 Å². The first-order valence-electron chi connectivity index (χ1n) is 6.80. The standard InChI is InChI=1S/C17H14N2O2S/c20-22(21)12-13-3-5-14(6-4-13)15-7-8-17(19-11-15)16-2-1-9-18-10-16/h1-11,22H,12H2. The molecule has 0 spiro atoms. The van der Waals surface area contributed by atoms with Crippen molar-refractivity contribution in [3.8, 4) is 22.4 Å². The number of pyridine rings is 2. The molecular weight excluding hydrogens is 296 g/mol. The quantitative estimate of drug-likeness (QED) is 0.753. The molecule has 0 saturated carbocycles. The van der Waals surface area contributed by atoms with Gasteiger partial charge in [-0.05, 0) is 29.3 Å². The number of rotatable bonds is 4. The van der Waals surface area contributed by atoms with E-state index in [0.29, 0.717) is 0 Å². The normalized spacial score (nSPS) is 10.8. The summed E-state index contributed by atoms with van der Waals surface area (Å²) in [5, 5.41) is 0. The summed E-state index contributed by atoms with van der Waals surface area (Å²) >= 11 is 0. The van der Waals surface area contributed by atoms with Gasteiger partial charge in [-0.1, -0.05) is 30.3 Å². The molecule has 3 aromatic rings. The highest BCUT2D eigenvalue weighted by atomic mass is 32.2. The van der Waals surface area contributed by atoms with E-state index < -0.39 is 10.7 Å². The van der Waals surface area contributed by atoms with Crippen LogP contribution in [-0.2, 0) is 16.5 Å². The Morgan fingerprint density at radius 2 is 1.59 bits per heavy atom. The molecule has 4 nitrogen and oxygen atoms in total. The van der Waals surface area contributed by atoms with Gasteiger partial charge in [0.05, 0.1) is 11.4 Å². The van der Waals surface area contributed by atoms with Crippen LogP contribution in [-0.4, -0.2) is 18.4 Å². The molecular formula is C17H14N2O2S. The summed E-state index contributed by atoms with van der Waals surface area (Å²) < 4.78 is 21.4. The number of hydrogen-bond donors (Lipinski definition) is 1. The zero-order valence-corrected chi connectivity index (χ0v) is 12.6. The van der Waals surface area contributed by atoms with E-state index in [0.717, 1.165) is 27.9 Å². The monoisotopic (exact) mass is 310 g/mol. The minimum atomic E-state index is -2.39. The van der Waals surface area contributed by atoms with Crippen molar-refractivity contribution in [1.82, 2.24) is 9.97 Å². The maximum absolute atomic E-state index is 10.7. The molecule has 0 aliphatic heterocycles. The Hall–Kier alpha value is -2.53. The first-order chi connectivity index (χ1) is 10.7. The minimum absolute atomic E-state index is 0.0772. The largest absolute Gasteiger partial charge is 0.264 e. The molecule has 2 heterocycles. The molecule has 2 aromatic heterocycles. The molecule has 0 atom stereocenters. The van der Waals surface area contributed by atoms with Crippen molar-refractivity contribution in [2.24, 2.45) is 0 Å². The van der Waals surface area contributed by atoms with Crippen LogP contribution < -0.4 is 0 Å². The van der Waals surface area contributed by atoms with Crippen molar-refractivity contribution < 1.29 is 8.42 Å². The van der Waals surface area contributed by atoms with Crippen LogP contribution in [0.5, 0.6) is 0 Å². The van der Waals surface area contributed by atoms with Crippen molar-refractivity contribution in [3.63, 3.8) is 0 Å². The molecule has 110 valence electrons. The Morgan fingerprint density at radius 1 is 0.818 bits per heavy atom. The summed E-state index contributed by atoms with van der Waals surface area (Å²) in [5.41, 5.74) is 4.64. The van der Waals surface area contributed by atoms with E-state index in [-0.39, 0.29) is 5.75 Å². The van der Waals surface area contributed by atoms with E-state index in [9.17, 15) is 8.42 Å². The van der Waals surface area contributed by atoms with E-state index in [1.807, 2.05) is 54.7 Å². The first-order valence-corrected chi connectivity index (χ1v) is 8.16. The number of thiol groups is 1. The molecule has 0 N–H and O–H groups in total. The minimum Gasteiger partial charge on any atom is -0.264 e. The molecule has 3 rings (SSSR count). The van der Waals surface area contributed by atoms with Gasteiger partial charge in [0.25, 0.3) is 0 Å². The molecule has 0 aliphatic rings. The molecule has 1 aromatic carbocycles. The lowest BCUT2D eigenvalue weighted by atomic mass is 10.1. The summed E-state index contributed by atoms with van der Waals surface area (Å²) in [4.78, 5) is 8.54. The molecule has 0 amide bonds. The Kier molecular flexibility index (Phi) is 4.25. The van der Waals surface area contributed by atoms with Crippen LogP contribution in [0.25, 0.3) is 22.4 Å². The zero-order chi connectivity index (χ0) is 15.4. The average molecular weight is 310 g/mol. The highest BCUT2D eigenvalue weighted by molar-refractivity contribution is 7.71. The summed E-state index contributed by atoms with van der Waals surface area (Å²) in [6, 6.07) is 15.3. The molecule has 22 heavy (non-hydrogen) atoms. The van der Waals surface area contributed by atoms with E-state index in [4.69, 9.17) is 0 Å². The van der Waals surface area contributed by atoms with E-state index in [2.05, 4.69) is 9.97 Å². The van der Waals surface area contributed by atoms with Gasteiger partial charge >= 0.3 is 0 Å². The number of benzene rings is 1. The van der Waals surface area contributed by atoms with Crippen molar-refractivity contribution in [3.05, 3.63) is 72.7 Å². The third kappa shape index (κ3) is 3.38. The van der Waals surface area contributed by atoms with Crippen molar-refractivity contribution in [2.75, 3.05) is 0 Å². The second-order valence-electron chi connectivity index (χ2n) is 4.86. The lowest BCUT2D eigenvalue weighted by Gasteiger charge is -2.04. The third-order valence-electron chi connectivity index (χ3n) is 3.32. The lowest BCUT2D eigenvalue weighted by molar-refractivity contribution is 0.614. The fraction of sp³-hybridized carbons (Fsp3) is 0.0588. The van der Waals surface area contributed by atoms with Crippen LogP contribution in [0.2, 0.25) is 0 Å². The number of nitrogens with zero attached hydrogens (tertiary/aromatic N) is 2. The molecule has 0 saturated heterocycles. The maximum atomic E-state index is 10.7. The second-order valence-corrected chi connectivity index (χ2v) is 5.84. The molecule has 5 heteroatoms. The predicted molar refractivity (Wildman–Crippen MR) is 86.9 cm³/mol. The average Bonchev–Trinajstić information content (AvgIpc) is 2.56. The fourth-order valence-electron chi connectivity index (χ4n) is 2.20. The Balaban J connectivity index is 1.84. The van der Waals surface area contributed by atoms with E-state index >= 15 is 0 Å². The van der Waals surface area contributed by atoms with Gasteiger partial charge in [0, 0.05) is 29.7 Å². The third-order valence-corrected chi connectivity index (χ3v) is 3.94. The van der Waals surface area contributed by atoms with E-state index in [1.54, 1.807) is 12.4 Å². The number of hydrogen-bond acceptors (Lipinski definition) is 4. The molecule has 0 unspecified atom stereocenters. The van der Waals surface area contributed by atoms with Crippen LogP contribution in [0.3, 0.4) is 0 Å². The number of aromatic nitrogens is 2. The van der Waals surface area contributed by atoms with Gasteiger partial charge in [-0.3, -0.25) is 9.97 Å².